The fourth-order valence-corrected chi connectivity index (χ4v) is 0.846. The van der Waals surface area contributed by atoms with Crippen molar-refractivity contribution in [2.24, 2.45) is 10.7 Å². The van der Waals surface area contributed by atoms with Gasteiger partial charge in [0.05, 0.1) is 5.57 Å². The van der Waals surface area contributed by atoms with Gasteiger partial charge in [0.25, 0.3) is 0 Å². The van der Waals surface area contributed by atoms with E-state index in [4.69, 9.17) is 10.8 Å². The number of rotatable bonds is 2. The van der Waals surface area contributed by atoms with Gasteiger partial charge in [-0.05, 0) is 13.8 Å². The zero-order valence-electron chi connectivity index (χ0n) is 7.79. The van der Waals surface area contributed by atoms with Crippen molar-refractivity contribution in [2.75, 3.05) is 0 Å². The third kappa shape index (κ3) is 3.50. The summed E-state index contributed by atoms with van der Waals surface area (Å²) in [7, 11) is 0. The van der Waals surface area contributed by atoms with Gasteiger partial charge in [0, 0.05) is 6.92 Å². The fraction of sp³-hybridized carbons (Fsp3) is 0.375. The van der Waals surface area contributed by atoms with Gasteiger partial charge in [-0.3, -0.25) is 9.59 Å². The topological polar surface area (TPSA) is 92.8 Å². The Bertz CT molecular complexity index is 299. The molecule has 0 heterocycles. The largest absolute Gasteiger partial charge is 0.512 e. The summed E-state index contributed by atoms with van der Waals surface area (Å²) in [6, 6.07) is 0. The Kier molecular flexibility index (Phi) is 3.84. The van der Waals surface area contributed by atoms with Crippen LogP contribution in [0.25, 0.3) is 0 Å². The van der Waals surface area contributed by atoms with E-state index in [-0.39, 0.29) is 17.2 Å². The molecule has 0 saturated heterocycles. The first-order valence-corrected chi connectivity index (χ1v) is 3.62. The molecule has 0 aromatic carbocycles. The normalized spacial score (nSPS) is 13.6. The summed E-state index contributed by atoms with van der Waals surface area (Å²) in [5, 5.41) is 9.05. The Hall–Kier alpha value is -1.65. The standard InChI is InChI=1S/C8H12N2O3/c1-4(11)7(5(2)12)8(9)10-6(3)13/h11H,1-3H3,(H2,9,10,13)/b7-4-. The minimum absolute atomic E-state index is 0.116. The number of aliphatic imine (C=N–C) groups is 1. The van der Waals surface area contributed by atoms with E-state index in [1.165, 1.54) is 20.8 Å². The van der Waals surface area contributed by atoms with E-state index in [9.17, 15) is 9.59 Å². The van der Waals surface area contributed by atoms with Gasteiger partial charge in [-0.25, -0.2) is 0 Å². The van der Waals surface area contributed by atoms with Crippen molar-refractivity contribution in [1.29, 1.82) is 0 Å². The predicted octanol–water partition coefficient (Wildman–Crippen LogP) is 0.311. The minimum Gasteiger partial charge on any atom is -0.512 e. The number of amides is 1. The molecule has 0 saturated carbocycles. The van der Waals surface area contributed by atoms with Gasteiger partial charge in [0.1, 0.15) is 11.6 Å². The number of allylic oxidation sites excluding steroid dienone is 1. The van der Waals surface area contributed by atoms with Gasteiger partial charge < -0.3 is 10.8 Å². The van der Waals surface area contributed by atoms with Crippen LogP contribution in [0.4, 0.5) is 0 Å². The Balaban J connectivity index is 5.13. The first kappa shape index (κ1) is 11.4. The molecule has 0 aromatic heterocycles. The SMILES string of the molecule is CC(=O)N=C(N)/C(C(C)=O)=C(/C)O. The molecule has 0 radical (unpaired) electrons. The summed E-state index contributed by atoms with van der Waals surface area (Å²) in [6.07, 6.45) is 0. The van der Waals surface area contributed by atoms with Crippen molar-refractivity contribution in [3.05, 3.63) is 11.3 Å². The molecule has 0 fully saturated rings. The summed E-state index contributed by atoms with van der Waals surface area (Å²) >= 11 is 0. The van der Waals surface area contributed by atoms with Crippen LogP contribution in [0.1, 0.15) is 20.8 Å². The van der Waals surface area contributed by atoms with E-state index in [0.717, 1.165) is 0 Å². The smallest absolute Gasteiger partial charge is 0.244 e. The van der Waals surface area contributed by atoms with Crippen LogP contribution < -0.4 is 5.73 Å². The van der Waals surface area contributed by atoms with Crippen LogP contribution in [-0.2, 0) is 9.59 Å². The van der Waals surface area contributed by atoms with Crippen molar-refractivity contribution in [3.63, 3.8) is 0 Å². The van der Waals surface area contributed by atoms with Gasteiger partial charge in [0.15, 0.2) is 5.78 Å². The number of hydrogen-bond acceptors (Lipinski definition) is 3. The Labute approximate surface area is 76.0 Å². The summed E-state index contributed by atoms with van der Waals surface area (Å²) in [5.74, 6) is -1.44. The maximum atomic E-state index is 10.9. The van der Waals surface area contributed by atoms with E-state index < -0.39 is 11.7 Å². The van der Waals surface area contributed by atoms with Crippen LogP contribution in [0.15, 0.2) is 16.3 Å². The molecule has 5 nitrogen and oxygen atoms in total. The lowest BCUT2D eigenvalue weighted by molar-refractivity contribution is -0.115. The third-order valence-electron chi connectivity index (χ3n) is 1.25. The number of carbonyl (C=O) groups is 2. The first-order chi connectivity index (χ1) is 5.86. The van der Waals surface area contributed by atoms with Gasteiger partial charge in [0.2, 0.25) is 5.91 Å². The molecule has 0 aromatic rings. The minimum atomic E-state index is -0.516. The van der Waals surface area contributed by atoms with Crippen molar-refractivity contribution in [2.45, 2.75) is 20.8 Å². The van der Waals surface area contributed by atoms with Crippen LogP contribution >= 0.6 is 0 Å². The number of Topliss-reactive ketones (excluding diaryl/α,β-unsaturated/α-hetero) is 1. The molecule has 1 amide bonds. The predicted molar refractivity (Wildman–Crippen MR) is 48.3 cm³/mol. The molecule has 0 atom stereocenters. The number of nitrogens with two attached hydrogens (primary N) is 1. The zero-order valence-corrected chi connectivity index (χ0v) is 7.79. The Morgan fingerprint density at radius 1 is 1.23 bits per heavy atom. The van der Waals surface area contributed by atoms with Crippen LogP contribution in [0.3, 0.4) is 0 Å². The molecule has 0 aliphatic rings. The number of nitrogens with zero attached hydrogens (tertiary/aromatic N) is 1. The summed E-state index contributed by atoms with van der Waals surface area (Å²) in [5.41, 5.74) is 5.20. The van der Waals surface area contributed by atoms with Gasteiger partial charge >= 0.3 is 0 Å². The molecule has 0 rings (SSSR count). The number of aliphatic hydroxyl groups is 1. The lowest BCUT2D eigenvalue weighted by Crippen LogP contribution is -2.22. The second-order valence-electron chi connectivity index (χ2n) is 2.53. The van der Waals surface area contributed by atoms with Crippen molar-refractivity contribution in [1.82, 2.24) is 0 Å². The van der Waals surface area contributed by atoms with Crippen LogP contribution in [0, 0.1) is 0 Å². The molecule has 0 aliphatic heterocycles. The average Bonchev–Trinajstić information content (AvgIpc) is 1.81. The summed E-state index contributed by atoms with van der Waals surface area (Å²) in [6.45, 7) is 3.74. The van der Waals surface area contributed by atoms with E-state index in [2.05, 4.69) is 4.99 Å². The molecule has 3 N–H and O–H groups in total. The lowest BCUT2D eigenvalue weighted by Gasteiger charge is -2.02. The number of aliphatic hydroxyl groups excluding tert-OH is 1. The van der Waals surface area contributed by atoms with Crippen LogP contribution in [-0.4, -0.2) is 22.6 Å². The second kappa shape index (κ2) is 4.39. The molecule has 0 aliphatic carbocycles. The Morgan fingerprint density at radius 2 is 1.69 bits per heavy atom. The maximum Gasteiger partial charge on any atom is 0.244 e. The van der Waals surface area contributed by atoms with Gasteiger partial charge in [-0.1, -0.05) is 0 Å². The third-order valence-corrected chi connectivity index (χ3v) is 1.25. The number of carbonyl (C=O) groups excluding carboxylic acids is 2. The zero-order chi connectivity index (χ0) is 10.6. The molecular weight excluding hydrogens is 172 g/mol. The lowest BCUT2D eigenvalue weighted by atomic mass is 10.1. The highest BCUT2D eigenvalue weighted by Crippen LogP contribution is 2.02. The van der Waals surface area contributed by atoms with E-state index in [0.29, 0.717) is 0 Å². The fourth-order valence-electron chi connectivity index (χ4n) is 0.846. The highest BCUT2D eigenvalue weighted by Gasteiger charge is 2.12. The van der Waals surface area contributed by atoms with E-state index in [1.54, 1.807) is 0 Å². The van der Waals surface area contributed by atoms with Crippen molar-refractivity contribution < 1.29 is 14.7 Å². The molecule has 0 unspecified atom stereocenters. The number of ketones is 1. The Morgan fingerprint density at radius 3 is 1.92 bits per heavy atom. The monoisotopic (exact) mass is 184 g/mol. The highest BCUT2D eigenvalue weighted by atomic mass is 16.3. The van der Waals surface area contributed by atoms with E-state index >= 15 is 0 Å². The molecular formula is C8H12N2O3. The quantitative estimate of drug-likeness (QED) is 0.279. The first-order valence-electron chi connectivity index (χ1n) is 3.62. The van der Waals surface area contributed by atoms with Crippen molar-refractivity contribution >= 4 is 17.5 Å². The molecule has 72 valence electrons. The molecule has 5 heteroatoms. The second-order valence-corrected chi connectivity index (χ2v) is 2.53. The van der Waals surface area contributed by atoms with Gasteiger partial charge in [-0.2, -0.15) is 4.99 Å². The summed E-state index contributed by atoms with van der Waals surface area (Å²) in [4.78, 5) is 24.8. The highest BCUT2D eigenvalue weighted by molar-refractivity contribution is 6.22. The van der Waals surface area contributed by atoms with Crippen LogP contribution in [0.5, 0.6) is 0 Å². The molecule has 13 heavy (non-hydrogen) atoms. The molecule has 0 bridgehead atoms. The number of amidine groups is 1. The molecule has 0 spiro atoms. The van der Waals surface area contributed by atoms with Crippen molar-refractivity contribution in [3.8, 4) is 0 Å². The van der Waals surface area contributed by atoms with Crippen LogP contribution in [0.2, 0.25) is 0 Å². The van der Waals surface area contributed by atoms with Gasteiger partial charge in [-0.15, -0.1) is 0 Å². The maximum absolute atomic E-state index is 10.9. The number of hydrogen-bond donors (Lipinski definition) is 2. The van der Waals surface area contributed by atoms with E-state index in [1.807, 2.05) is 0 Å². The average molecular weight is 184 g/mol. The summed E-state index contributed by atoms with van der Waals surface area (Å²) < 4.78 is 0.